The molecule has 0 bridgehead atoms. The number of benzene rings is 1. The van der Waals surface area contributed by atoms with Gasteiger partial charge in [0.2, 0.25) is 0 Å². The minimum absolute atomic E-state index is 1.00. The zero-order valence-electron chi connectivity index (χ0n) is 10.2. The summed E-state index contributed by atoms with van der Waals surface area (Å²) < 4.78 is 0. The molecule has 0 aliphatic carbocycles. The highest BCUT2D eigenvalue weighted by atomic mass is 14.8. The molecule has 0 N–H and O–H groups in total. The molecule has 1 aromatic carbocycles. The average molecular weight is 214 g/mol. The van der Waals surface area contributed by atoms with Crippen molar-refractivity contribution in [3.63, 3.8) is 0 Å². The second kappa shape index (κ2) is 4.60. The Hall–Kier alpha value is -1.44. The standard InChI is InChI=1S/C14H18N2/c1-4-5-6-12-7-8-13-14(9-12)16-11(3)10(2)15-13/h7-9H,4-6H2,1-3H3. The molecule has 1 heterocycles. The third-order valence-electron chi connectivity index (χ3n) is 2.96. The largest absolute Gasteiger partial charge is 0.250 e. The van der Waals surface area contributed by atoms with Crippen molar-refractivity contribution in [2.24, 2.45) is 0 Å². The van der Waals surface area contributed by atoms with Crippen LogP contribution < -0.4 is 0 Å². The van der Waals surface area contributed by atoms with Crippen molar-refractivity contribution in [1.29, 1.82) is 0 Å². The van der Waals surface area contributed by atoms with Crippen molar-refractivity contribution in [2.75, 3.05) is 0 Å². The highest BCUT2D eigenvalue weighted by Gasteiger charge is 2.02. The van der Waals surface area contributed by atoms with Gasteiger partial charge in [-0.25, -0.2) is 9.97 Å². The van der Waals surface area contributed by atoms with Crippen molar-refractivity contribution in [3.05, 3.63) is 35.2 Å². The Balaban J connectivity index is 2.41. The predicted octanol–water partition coefficient (Wildman–Crippen LogP) is 3.59. The summed E-state index contributed by atoms with van der Waals surface area (Å²) in [5.74, 6) is 0. The summed E-state index contributed by atoms with van der Waals surface area (Å²) in [7, 11) is 0. The number of unbranched alkanes of at least 4 members (excludes halogenated alkanes) is 1. The number of nitrogens with zero attached hydrogens (tertiary/aromatic N) is 2. The van der Waals surface area contributed by atoms with Gasteiger partial charge in [-0.05, 0) is 44.4 Å². The van der Waals surface area contributed by atoms with Gasteiger partial charge in [0.25, 0.3) is 0 Å². The van der Waals surface area contributed by atoms with E-state index in [0.717, 1.165) is 28.8 Å². The molecule has 1 aromatic heterocycles. The average Bonchev–Trinajstić information content (AvgIpc) is 2.28. The van der Waals surface area contributed by atoms with E-state index in [9.17, 15) is 0 Å². The van der Waals surface area contributed by atoms with Crippen LogP contribution in [-0.2, 0) is 6.42 Å². The summed E-state index contributed by atoms with van der Waals surface area (Å²) in [5, 5.41) is 0. The fraction of sp³-hybridized carbons (Fsp3) is 0.429. The van der Waals surface area contributed by atoms with Crippen LogP contribution in [0.1, 0.15) is 36.7 Å². The molecule has 0 unspecified atom stereocenters. The van der Waals surface area contributed by atoms with Gasteiger partial charge in [-0.15, -0.1) is 0 Å². The first kappa shape index (κ1) is 11.1. The molecule has 0 amide bonds. The van der Waals surface area contributed by atoms with Gasteiger partial charge in [-0.3, -0.25) is 0 Å². The van der Waals surface area contributed by atoms with Gasteiger partial charge in [0, 0.05) is 0 Å². The first-order valence-electron chi connectivity index (χ1n) is 5.94. The third-order valence-corrected chi connectivity index (χ3v) is 2.96. The third kappa shape index (κ3) is 2.21. The molecule has 2 rings (SSSR count). The Bertz CT molecular complexity index is 503. The van der Waals surface area contributed by atoms with E-state index in [0.29, 0.717) is 0 Å². The molecule has 2 nitrogen and oxygen atoms in total. The Morgan fingerprint density at radius 2 is 1.69 bits per heavy atom. The van der Waals surface area contributed by atoms with Gasteiger partial charge in [0.05, 0.1) is 22.4 Å². The first-order valence-corrected chi connectivity index (χ1v) is 5.94. The summed E-state index contributed by atoms with van der Waals surface area (Å²) >= 11 is 0. The Labute approximate surface area is 96.7 Å². The highest BCUT2D eigenvalue weighted by Crippen LogP contribution is 2.15. The predicted molar refractivity (Wildman–Crippen MR) is 67.6 cm³/mol. The van der Waals surface area contributed by atoms with Crippen LogP contribution in [0, 0.1) is 13.8 Å². The summed E-state index contributed by atoms with van der Waals surface area (Å²) in [6.45, 7) is 6.24. The van der Waals surface area contributed by atoms with Gasteiger partial charge in [0.15, 0.2) is 0 Å². The molecule has 2 aromatic rings. The monoisotopic (exact) mass is 214 g/mol. The Morgan fingerprint density at radius 3 is 2.38 bits per heavy atom. The summed E-state index contributed by atoms with van der Waals surface area (Å²) in [5.41, 5.74) is 5.45. The Morgan fingerprint density at radius 1 is 1.00 bits per heavy atom. The fourth-order valence-corrected chi connectivity index (χ4v) is 1.81. The van der Waals surface area contributed by atoms with Crippen LogP contribution >= 0.6 is 0 Å². The number of hydrogen-bond donors (Lipinski definition) is 0. The van der Waals surface area contributed by atoms with Crippen molar-refractivity contribution >= 4 is 11.0 Å². The lowest BCUT2D eigenvalue weighted by atomic mass is 10.1. The number of rotatable bonds is 3. The molecule has 2 heteroatoms. The maximum Gasteiger partial charge on any atom is 0.0892 e. The van der Waals surface area contributed by atoms with Crippen LogP contribution in [0.25, 0.3) is 11.0 Å². The van der Waals surface area contributed by atoms with Crippen molar-refractivity contribution in [2.45, 2.75) is 40.0 Å². The van der Waals surface area contributed by atoms with Gasteiger partial charge in [-0.2, -0.15) is 0 Å². The van der Waals surface area contributed by atoms with Gasteiger partial charge in [0.1, 0.15) is 0 Å². The molecule has 0 aliphatic heterocycles. The Kier molecular flexibility index (Phi) is 3.18. The molecular formula is C14H18N2. The van der Waals surface area contributed by atoms with E-state index < -0.39 is 0 Å². The summed E-state index contributed by atoms with van der Waals surface area (Å²) in [4.78, 5) is 9.12. The zero-order chi connectivity index (χ0) is 11.5. The van der Waals surface area contributed by atoms with Crippen LogP contribution in [0.5, 0.6) is 0 Å². The van der Waals surface area contributed by atoms with E-state index in [2.05, 4.69) is 35.1 Å². The lowest BCUT2D eigenvalue weighted by molar-refractivity contribution is 0.795. The summed E-state index contributed by atoms with van der Waals surface area (Å²) in [6.07, 6.45) is 3.61. The molecular weight excluding hydrogens is 196 g/mol. The topological polar surface area (TPSA) is 25.8 Å². The van der Waals surface area contributed by atoms with E-state index in [4.69, 9.17) is 0 Å². The molecule has 0 fully saturated rings. The number of aryl methyl sites for hydroxylation is 3. The lowest BCUT2D eigenvalue weighted by Crippen LogP contribution is -1.94. The van der Waals surface area contributed by atoms with Crippen molar-refractivity contribution < 1.29 is 0 Å². The van der Waals surface area contributed by atoms with E-state index in [-0.39, 0.29) is 0 Å². The molecule has 16 heavy (non-hydrogen) atoms. The minimum Gasteiger partial charge on any atom is -0.250 e. The van der Waals surface area contributed by atoms with Crippen LogP contribution in [0.4, 0.5) is 0 Å². The lowest BCUT2D eigenvalue weighted by Gasteiger charge is -2.04. The van der Waals surface area contributed by atoms with E-state index >= 15 is 0 Å². The van der Waals surface area contributed by atoms with Crippen LogP contribution in [-0.4, -0.2) is 9.97 Å². The van der Waals surface area contributed by atoms with Crippen molar-refractivity contribution in [3.8, 4) is 0 Å². The number of fused-ring (bicyclic) bond motifs is 1. The molecule has 0 atom stereocenters. The molecule has 0 radical (unpaired) electrons. The van der Waals surface area contributed by atoms with Crippen LogP contribution in [0.2, 0.25) is 0 Å². The highest BCUT2D eigenvalue weighted by molar-refractivity contribution is 5.75. The molecule has 0 saturated heterocycles. The van der Waals surface area contributed by atoms with E-state index in [1.807, 2.05) is 13.8 Å². The van der Waals surface area contributed by atoms with Crippen LogP contribution in [0.3, 0.4) is 0 Å². The fourth-order valence-electron chi connectivity index (χ4n) is 1.81. The van der Waals surface area contributed by atoms with Gasteiger partial charge >= 0.3 is 0 Å². The SMILES string of the molecule is CCCCc1ccc2nc(C)c(C)nc2c1. The van der Waals surface area contributed by atoms with Gasteiger partial charge < -0.3 is 0 Å². The molecule has 0 aliphatic rings. The second-order valence-corrected chi connectivity index (χ2v) is 4.32. The molecule has 0 saturated carbocycles. The minimum atomic E-state index is 1.00. The quantitative estimate of drug-likeness (QED) is 0.780. The van der Waals surface area contributed by atoms with E-state index in [1.165, 1.54) is 18.4 Å². The van der Waals surface area contributed by atoms with Gasteiger partial charge in [-0.1, -0.05) is 19.4 Å². The smallest absolute Gasteiger partial charge is 0.0892 e. The first-order chi connectivity index (χ1) is 7.70. The summed E-state index contributed by atoms with van der Waals surface area (Å²) in [6, 6.07) is 6.42. The molecule has 84 valence electrons. The number of hydrogen-bond acceptors (Lipinski definition) is 2. The maximum atomic E-state index is 4.58. The normalized spacial score (nSPS) is 10.9. The number of aromatic nitrogens is 2. The molecule has 0 spiro atoms. The van der Waals surface area contributed by atoms with Crippen molar-refractivity contribution in [1.82, 2.24) is 9.97 Å². The van der Waals surface area contributed by atoms with E-state index in [1.54, 1.807) is 0 Å². The van der Waals surface area contributed by atoms with Crippen LogP contribution in [0.15, 0.2) is 18.2 Å². The second-order valence-electron chi connectivity index (χ2n) is 4.32. The maximum absolute atomic E-state index is 4.58. The zero-order valence-corrected chi connectivity index (χ0v) is 10.2.